The first kappa shape index (κ1) is 15.8. The average Bonchev–Trinajstić information content (AvgIpc) is 2.58. The van der Waals surface area contributed by atoms with Crippen molar-refractivity contribution >= 4 is 5.78 Å². The maximum absolute atomic E-state index is 12.6. The smallest absolute Gasteiger partial charge is 0.244 e. The molecule has 3 nitrogen and oxygen atoms in total. The summed E-state index contributed by atoms with van der Waals surface area (Å²) in [5.74, 6) is -1.93. The van der Waals surface area contributed by atoms with E-state index in [1.54, 1.807) is 31.2 Å². The molecule has 0 amide bonds. The molecule has 3 rings (SSSR count). The molecule has 0 aromatic heterocycles. The van der Waals surface area contributed by atoms with Gasteiger partial charge in [-0.15, -0.1) is 0 Å². The van der Waals surface area contributed by atoms with Crippen LogP contribution in [0.1, 0.15) is 48.2 Å². The van der Waals surface area contributed by atoms with Crippen molar-refractivity contribution in [3.63, 3.8) is 0 Å². The summed E-state index contributed by atoms with van der Waals surface area (Å²) in [5.41, 5.74) is 2.38. The van der Waals surface area contributed by atoms with Gasteiger partial charge < -0.3 is 9.84 Å². The lowest BCUT2D eigenvalue weighted by Crippen LogP contribution is -2.46. The number of rotatable bonds is 4. The molecular formula is C20H22O3. The van der Waals surface area contributed by atoms with Crippen LogP contribution >= 0.6 is 0 Å². The second-order valence-corrected chi connectivity index (χ2v) is 6.18. The van der Waals surface area contributed by atoms with Gasteiger partial charge in [0.2, 0.25) is 5.79 Å². The van der Waals surface area contributed by atoms with Gasteiger partial charge in [-0.25, -0.2) is 0 Å². The summed E-state index contributed by atoms with van der Waals surface area (Å²) >= 11 is 0. The van der Waals surface area contributed by atoms with E-state index in [0.29, 0.717) is 16.9 Å². The molecule has 0 saturated carbocycles. The first-order valence-electron chi connectivity index (χ1n) is 8.20. The molecular weight excluding hydrogens is 288 g/mol. The number of hydrogen-bond donors (Lipinski definition) is 1. The number of para-hydroxylation sites is 1. The molecule has 23 heavy (non-hydrogen) atoms. The maximum Gasteiger partial charge on any atom is 0.244 e. The van der Waals surface area contributed by atoms with E-state index < -0.39 is 11.7 Å². The molecule has 0 saturated heterocycles. The van der Waals surface area contributed by atoms with Gasteiger partial charge in [0.25, 0.3) is 0 Å². The quantitative estimate of drug-likeness (QED) is 0.925. The minimum Gasteiger partial charge on any atom is -0.457 e. The van der Waals surface area contributed by atoms with E-state index in [-0.39, 0.29) is 5.78 Å². The van der Waals surface area contributed by atoms with Crippen LogP contribution in [0.15, 0.2) is 48.5 Å². The number of fused-ring (bicyclic) bond motifs is 1. The lowest BCUT2D eigenvalue weighted by molar-refractivity contribution is -0.176. The van der Waals surface area contributed by atoms with Crippen LogP contribution in [-0.2, 0) is 12.2 Å². The summed E-state index contributed by atoms with van der Waals surface area (Å²) in [6.07, 6.45) is 3.31. The summed E-state index contributed by atoms with van der Waals surface area (Å²) in [6.45, 7) is 3.88. The average molecular weight is 310 g/mol. The monoisotopic (exact) mass is 310 g/mol. The molecule has 1 aliphatic heterocycles. The SMILES string of the molecule is CCCCc1ccc([C@]2(O)Oc3ccccc3C(=O)[C@@H]2C)cc1. The first-order valence-corrected chi connectivity index (χ1v) is 8.20. The minimum absolute atomic E-state index is 0.0931. The fourth-order valence-corrected chi connectivity index (χ4v) is 3.03. The van der Waals surface area contributed by atoms with Crippen LogP contribution < -0.4 is 4.74 Å². The number of carbonyl (C=O) groups is 1. The van der Waals surface area contributed by atoms with Crippen LogP contribution in [0.3, 0.4) is 0 Å². The second-order valence-electron chi connectivity index (χ2n) is 6.18. The van der Waals surface area contributed by atoms with Gasteiger partial charge in [0, 0.05) is 5.56 Å². The molecule has 0 spiro atoms. The lowest BCUT2D eigenvalue weighted by Gasteiger charge is -2.38. The van der Waals surface area contributed by atoms with Gasteiger partial charge in [-0.1, -0.05) is 49.7 Å². The van der Waals surface area contributed by atoms with Gasteiger partial charge >= 0.3 is 0 Å². The molecule has 1 aliphatic rings. The van der Waals surface area contributed by atoms with Gasteiger partial charge in [-0.2, -0.15) is 0 Å². The number of ether oxygens (including phenoxy) is 1. The zero-order valence-electron chi connectivity index (χ0n) is 13.6. The highest BCUT2D eigenvalue weighted by Gasteiger charge is 2.47. The third kappa shape index (κ3) is 2.77. The zero-order valence-corrected chi connectivity index (χ0v) is 13.6. The van der Waals surface area contributed by atoms with Crippen LogP contribution in [-0.4, -0.2) is 10.9 Å². The fraction of sp³-hybridized carbons (Fsp3) is 0.350. The Labute approximate surface area is 136 Å². The third-order valence-electron chi connectivity index (χ3n) is 4.58. The molecule has 2 aromatic rings. The summed E-state index contributed by atoms with van der Waals surface area (Å²) in [7, 11) is 0. The van der Waals surface area contributed by atoms with Gasteiger partial charge in [-0.05, 0) is 37.5 Å². The Morgan fingerprint density at radius 3 is 2.52 bits per heavy atom. The maximum atomic E-state index is 12.6. The third-order valence-corrected chi connectivity index (χ3v) is 4.58. The van der Waals surface area contributed by atoms with Crippen molar-refractivity contribution in [2.24, 2.45) is 5.92 Å². The number of ketones is 1. The van der Waals surface area contributed by atoms with Crippen molar-refractivity contribution in [3.05, 3.63) is 65.2 Å². The van der Waals surface area contributed by atoms with Crippen LogP contribution in [0.4, 0.5) is 0 Å². The van der Waals surface area contributed by atoms with E-state index in [4.69, 9.17) is 4.74 Å². The van der Waals surface area contributed by atoms with Gasteiger partial charge in [0.1, 0.15) is 5.75 Å². The molecule has 0 unspecified atom stereocenters. The highest BCUT2D eigenvalue weighted by Crippen LogP contribution is 2.41. The molecule has 1 N–H and O–H groups in total. The van der Waals surface area contributed by atoms with Gasteiger partial charge in [-0.3, -0.25) is 4.79 Å². The highest BCUT2D eigenvalue weighted by atomic mass is 16.6. The van der Waals surface area contributed by atoms with Crippen molar-refractivity contribution in [3.8, 4) is 5.75 Å². The zero-order chi connectivity index (χ0) is 16.4. The van der Waals surface area contributed by atoms with Crippen LogP contribution in [0, 0.1) is 5.92 Å². The number of Topliss-reactive ketones (excluding diaryl/α,β-unsaturated/α-hetero) is 1. The first-order chi connectivity index (χ1) is 11.1. The number of aliphatic hydroxyl groups is 1. The molecule has 0 bridgehead atoms. The molecule has 0 aliphatic carbocycles. The molecule has 3 heteroatoms. The Morgan fingerprint density at radius 1 is 1.13 bits per heavy atom. The number of benzene rings is 2. The highest BCUT2D eigenvalue weighted by molar-refractivity contribution is 6.01. The van der Waals surface area contributed by atoms with Gasteiger partial charge in [0.05, 0.1) is 11.5 Å². The second kappa shape index (κ2) is 6.17. The summed E-state index contributed by atoms with van der Waals surface area (Å²) in [6, 6.07) is 14.8. The summed E-state index contributed by atoms with van der Waals surface area (Å²) in [4.78, 5) is 12.6. The van der Waals surface area contributed by atoms with Crippen molar-refractivity contribution < 1.29 is 14.6 Å². The normalized spacial score (nSPS) is 23.3. The Morgan fingerprint density at radius 2 is 1.83 bits per heavy atom. The summed E-state index contributed by atoms with van der Waals surface area (Å²) in [5, 5.41) is 11.1. The van der Waals surface area contributed by atoms with Crippen LogP contribution in [0.2, 0.25) is 0 Å². The van der Waals surface area contributed by atoms with E-state index in [9.17, 15) is 9.90 Å². The number of carbonyl (C=O) groups excluding carboxylic acids is 1. The Hall–Kier alpha value is -2.13. The van der Waals surface area contributed by atoms with Crippen LogP contribution in [0.5, 0.6) is 5.75 Å². The molecule has 0 radical (unpaired) electrons. The van der Waals surface area contributed by atoms with Crippen molar-refractivity contribution in [2.45, 2.75) is 38.9 Å². The topological polar surface area (TPSA) is 46.5 Å². The van der Waals surface area contributed by atoms with E-state index >= 15 is 0 Å². The Bertz CT molecular complexity index is 705. The summed E-state index contributed by atoms with van der Waals surface area (Å²) < 4.78 is 5.84. The molecule has 1 heterocycles. The Kier molecular flexibility index (Phi) is 4.22. The number of aryl methyl sites for hydroxylation is 1. The number of unbranched alkanes of at least 4 members (excludes halogenated alkanes) is 1. The fourth-order valence-electron chi connectivity index (χ4n) is 3.03. The van der Waals surface area contributed by atoms with Crippen LogP contribution in [0.25, 0.3) is 0 Å². The standard InChI is InChI=1S/C20H22O3/c1-3-4-7-15-10-12-16(13-11-15)20(22)14(2)19(21)17-8-5-6-9-18(17)23-20/h5-6,8-14,22H,3-4,7H2,1-2H3/t14-,20+/m0/s1. The van der Waals surface area contributed by atoms with Crippen molar-refractivity contribution in [1.82, 2.24) is 0 Å². The molecule has 2 atom stereocenters. The Balaban J connectivity index is 1.93. The minimum atomic E-state index is -1.62. The predicted octanol–water partition coefficient (Wildman–Crippen LogP) is 4.09. The molecule has 0 fully saturated rings. The van der Waals surface area contributed by atoms with E-state index in [2.05, 4.69) is 6.92 Å². The predicted molar refractivity (Wildman–Crippen MR) is 89.5 cm³/mol. The van der Waals surface area contributed by atoms with Crippen molar-refractivity contribution in [1.29, 1.82) is 0 Å². The number of hydrogen-bond acceptors (Lipinski definition) is 3. The molecule has 120 valence electrons. The van der Waals surface area contributed by atoms with Gasteiger partial charge in [0.15, 0.2) is 5.78 Å². The van der Waals surface area contributed by atoms with Crippen molar-refractivity contribution in [2.75, 3.05) is 0 Å². The molecule has 2 aromatic carbocycles. The largest absolute Gasteiger partial charge is 0.457 e. The van der Waals surface area contributed by atoms with E-state index in [0.717, 1.165) is 19.3 Å². The van der Waals surface area contributed by atoms with E-state index in [1.165, 1.54) is 5.56 Å². The van der Waals surface area contributed by atoms with E-state index in [1.807, 2.05) is 24.3 Å². The lowest BCUT2D eigenvalue weighted by atomic mass is 9.84.